The second-order valence-electron chi connectivity index (χ2n) is 7.66. The van der Waals surface area contributed by atoms with Crippen LogP contribution < -0.4 is 10.6 Å². The van der Waals surface area contributed by atoms with E-state index in [1.807, 2.05) is 6.92 Å². The van der Waals surface area contributed by atoms with Crippen molar-refractivity contribution in [1.29, 1.82) is 0 Å². The summed E-state index contributed by atoms with van der Waals surface area (Å²) >= 11 is 0. The van der Waals surface area contributed by atoms with Gasteiger partial charge in [0.1, 0.15) is 9.84 Å². The Morgan fingerprint density at radius 1 is 1.19 bits per heavy atom. The zero-order valence-electron chi connectivity index (χ0n) is 16.8. The molecule has 5 nitrogen and oxygen atoms in total. The fourth-order valence-electron chi connectivity index (χ4n) is 2.39. The van der Waals surface area contributed by atoms with Gasteiger partial charge in [0, 0.05) is 25.9 Å². The third-order valence-corrected chi connectivity index (χ3v) is 5.03. The summed E-state index contributed by atoms with van der Waals surface area (Å²) in [4.78, 5) is 4.20. The van der Waals surface area contributed by atoms with E-state index in [0.29, 0.717) is 12.4 Å². The molecule has 1 atom stereocenters. The summed E-state index contributed by atoms with van der Waals surface area (Å²) in [6.45, 7) is 9.37. The van der Waals surface area contributed by atoms with Gasteiger partial charge in [0.2, 0.25) is 0 Å². The number of nitrogens with zero attached hydrogens (tertiary/aromatic N) is 1. The van der Waals surface area contributed by atoms with Gasteiger partial charge < -0.3 is 10.6 Å². The molecule has 26 heavy (non-hydrogen) atoms. The van der Waals surface area contributed by atoms with Crippen molar-refractivity contribution in [1.82, 2.24) is 10.6 Å². The van der Waals surface area contributed by atoms with Crippen molar-refractivity contribution in [2.75, 3.05) is 25.6 Å². The molecule has 0 aromatic heterocycles. The van der Waals surface area contributed by atoms with Crippen LogP contribution in [-0.4, -0.2) is 46.0 Å². The number of nitrogens with one attached hydrogen (secondary N) is 2. The van der Waals surface area contributed by atoms with Crippen molar-refractivity contribution in [3.63, 3.8) is 0 Å². The lowest BCUT2D eigenvalue weighted by Crippen LogP contribution is -2.43. The van der Waals surface area contributed by atoms with Gasteiger partial charge in [0.05, 0.1) is 5.75 Å². The molecule has 1 aromatic rings. The molecule has 0 spiro atoms. The van der Waals surface area contributed by atoms with Crippen LogP contribution in [0.3, 0.4) is 0 Å². The molecular weight excluding hydrogens is 461 g/mol. The highest BCUT2D eigenvalue weighted by Crippen LogP contribution is 2.22. The molecule has 0 heterocycles. The molecule has 0 aliphatic rings. The van der Waals surface area contributed by atoms with Crippen LogP contribution >= 0.6 is 24.0 Å². The molecule has 0 aliphatic heterocycles. The quantitative estimate of drug-likeness (QED) is 0.347. The molecule has 0 amide bonds. The van der Waals surface area contributed by atoms with E-state index in [1.54, 1.807) is 7.05 Å². The maximum absolute atomic E-state index is 11.2. The van der Waals surface area contributed by atoms with Crippen LogP contribution in [0.1, 0.15) is 45.2 Å². The Balaban J connectivity index is 0.00000625. The van der Waals surface area contributed by atoms with Crippen LogP contribution in [0.15, 0.2) is 29.3 Å². The van der Waals surface area contributed by atoms with Gasteiger partial charge in [-0.1, -0.05) is 45.0 Å². The molecule has 1 unspecified atom stereocenters. The van der Waals surface area contributed by atoms with Gasteiger partial charge in [0.15, 0.2) is 5.96 Å². The Kier molecular flexibility index (Phi) is 10.8. The highest BCUT2D eigenvalue weighted by molar-refractivity contribution is 14.0. The molecule has 150 valence electrons. The molecule has 1 aromatic carbocycles. The second-order valence-corrected chi connectivity index (χ2v) is 9.92. The van der Waals surface area contributed by atoms with Crippen molar-refractivity contribution >= 4 is 39.8 Å². The molecule has 1 rings (SSSR count). The first-order chi connectivity index (χ1) is 11.5. The monoisotopic (exact) mass is 495 g/mol. The molecule has 0 saturated carbocycles. The minimum atomic E-state index is -2.93. The number of hydrogen-bond donors (Lipinski definition) is 2. The van der Waals surface area contributed by atoms with Gasteiger partial charge in [-0.3, -0.25) is 4.99 Å². The molecule has 2 N–H and O–H groups in total. The third-order valence-electron chi connectivity index (χ3n) is 4.05. The molecule has 0 aliphatic carbocycles. The number of benzene rings is 1. The Morgan fingerprint density at radius 2 is 1.77 bits per heavy atom. The van der Waals surface area contributed by atoms with Crippen LogP contribution in [0.4, 0.5) is 0 Å². The van der Waals surface area contributed by atoms with E-state index in [4.69, 9.17) is 0 Å². The number of guanidine groups is 1. The van der Waals surface area contributed by atoms with E-state index in [-0.39, 0.29) is 41.2 Å². The van der Waals surface area contributed by atoms with Crippen molar-refractivity contribution < 1.29 is 8.42 Å². The lowest BCUT2D eigenvalue weighted by molar-refractivity contribution is 0.581. The smallest absolute Gasteiger partial charge is 0.191 e. The number of sulfone groups is 1. The highest BCUT2D eigenvalue weighted by Gasteiger charge is 2.13. The Morgan fingerprint density at radius 3 is 2.23 bits per heavy atom. The Bertz CT molecular complexity index is 665. The molecule has 0 fully saturated rings. The summed E-state index contributed by atoms with van der Waals surface area (Å²) in [5.41, 5.74) is 2.78. The summed E-state index contributed by atoms with van der Waals surface area (Å²) in [7, 11) is -1.21. The summed E-state index contributed by atoms with van der Waals surface area (Å²) in [5, 5.41) is 6.51. The highest BCUT2D eigenvalue weighted by atomic mass is 127. The Labute approximate surface area is 176 Å². The zero-order chi connectivity index (χ0) is 19.1. The molecule has 7 heteroatoms. The fourth-order valence-corrected chi connectivity index (χ4v) is 3.17. The summed E-state index contributed by atoms with van der Waals surface area (Å²) in [6.07, 6.45) is 2.73. The predicted molar refractivity (Wildman–Crippen MR) is 123 cm³/mol. The molecular formula is C19H34IN3O2S. The van der Waals surface area contributed by atoms with Gasteiger partial charge in [-0.15, -0.1) is 24.0 Å². The molecule has 0 radical (unpaired) electrons. The minimum Gasteiger partial charge on any atom is -0.356 e. The van der Waals surface area contributed by atoms with E-state index in [1.165, 1.54) is 17.4 Å². The van der Waals surface area contributed by atoms with E-state index in [0.717, 1.165) is 13.0 Å². The van der Waals surface area contributed by atoms with Gasteiger partial charge in [-0.2, -0.15) is 0 Å². The van der Waals surface area contributed by atoms with E-state index in [9.17, 15) is 8.42 Å². The summed E-state index contributed by atoms with van der Waals surface area (Å²) < 4.78 is 22.5. The van der Waals surface area contributed by atoms with Gasteiger partial charge >= 0.3 is 0 Å². The Hall–Kier alpha value is -0.830. The van der Waals surface area contributed by atoms with Gasteiger partial charge in [-0.05, 0) is 36.3 Å². The lowest BCUT2D eigenvalue weighted by atomic mass is 9.86. The zero-order valence-corrected chi connectivity index (χ0v) is 19.9. The fraction of sp³-hybridized carbons (Fsp3) is 0.632. The maximum Gasteiger partial charge on any atom is 0.191 e. The van der Waals surface area contributed by atoms with Crippen molar-refractivity contribution in [2.24, 2.45) is 4.99 Å². The van der Waals surface area contributed by atoms with Crippen LogP contribution in [0.25, 0.3) is 0 Å². The van der Waals surface area contributed by atoms with Crippen molar-refractivity contribution in [3.8, 4) is 0 Å². The summed E-state index contributed by atoms with van der Waals surface area (Å²) in [5.74, 6) is 0.880. The van der Waals surface area contributed by atoms with Gasteiger partial charge in [0.25, 0.3) is 0 Å². The van der Waals surface area contributed by atoms with Crippen LogP contribution in [-0.2, 0) is 21.7 Å². The second kappa shape index (κ2) is 11.1. The van der Waals surface area contributed by atoms with Crippen LogP contribution in [0.5, 0.6) is 0 Å². The molecule has 0 saturated heterocycles. The third kappa shape index (κ3) is 10.4. The first-order valence-corrected chi connectivity index (χ1v) is 10.8. The van der Waals surface area contributed by atoms with E-state index >= 15 is 0 Å². The molecule has 0 bridgehead atoms. The number of hydrogen-bond acceptors (Lipinski definition) is 3. The average molecular weight is 495 g/mol. The largest absolute Gasteiger partial charge is 0.356 e. The first-order valence-electron chi connectivity index (χ1n) is 8.75. The number of aliphatic imine (C=N–C) groups is 1. The first kappa shape index (κ1) is 25.2. The number of rotatable bonds is 7. The topological polar surface area (TPSA) is 70.6 Å². The average Bonchev–Trinajstić information content (AvgIpc) is 2.51. The minimum absolute atomic E-state index is 0. The van der Waals surface area contributed by atoms with Crippen LogP contribution in [0, 0.1) is 0 Å². The normalized spacial score (nSPS) is 13.7. The number of halogens is 1. The van der Waals surface area contributed by atoms with Gasteiger partial charge in [-0.25, -0.2) is 8.42 Å². The standard InChI is InChI=1S/C19H33N3O2S.HI/c1-15(12-14-25(6,23)24)22-18(20-5)21-13-11-16-7-9-17(10-8-16)19(2,3)4;/h7-10,15H,11-14H2,1-6H3,(H2,20,21,22);1H. The summed E-state index contributed by atoms with van der Waals surface area (Å²) in [6, 6.07) is 8.78. The van der Waals surface area contributed by atoms with Crippen molar-refractivity contribution in [2.45, 2.75) is 52.0 Å². The van der Waals surface area contributed by atoms with E-state index < -0.39 is 9.84 Å². The van der Waals surface area contributed by atoms with E-state index in [2.05, 4.69) is 60.7 Å². The predicted octanol–water partition coefficient (Wildman–Crippen LogP) is 3.13. The lowest BCUT2D eigenvalue weighted by Gasteiger charge is -2.19. The van der Waals surface area contributed by atoms with Crippen molar-refractivity contribution in [3.05, 3.63) is 35.4 Å². The van der Waals surface area contributed by atoms with Crippen LogP contribution in [0.2, 0.25) is 0 Å². The maximum atomic E-state index is 11.2. The SMILES string of the molecule is CN=C(NCCc1ccc(C(C)(C)C)cc1)NC(C)CCS(C)(=O)=O.I.